The van der Waals surface area contributed by atoms with Gasteiger partial charge in [0.15, 0.2) is 11.6 Å². The standard InChI is InChI=1S/C20H19FN2O3/c1-4-23-19(24)12-16(13-5-8-15(25-2)9-6-13)20(22-23)14-7-10-18(26-3)17(21)11-14/h5-12H,4H2,1-3H3. The Kier molecular flexibility index (Phi) is 5.02. The van der Waals surface area contributed by atoms with Gasteiger partial charge in [0.25, 0.3) is 5.56 Å². The van der Waals surface area contributed by atoms with Crippen molar-refractivity contribution in [2.45, 2.75) is 13.5 Å². The summed E-state index contributed by atoms with van der Waals surface area (Å²) in [7, 11) is 3.00. The van der Waals surface area contributed by atoms with Gasteiger partial charge in [0.05, 0.1) is 19.9 Å². The second kappa shape index (κ2) is 7.39. The van der Waals surface area contributed by atoms with Gasteiger partial charge in [-0.2, -0.15) is 5.10 Å². The van der Waals surface area contributed by atoms with Crippen molar-refractivity contribution in [3.63, 3.8) is 0 Å². The lowest BCUT2D eigenvalue weighted by Crippen LogP contribution is -2.22. The summed E-state index contributed by atoms with van der Waals surface area (Å²) in [5.74, 6) is 0.381. The van der Waals surface area contributed by atoms with Crippen LogP contribution in [0.25, 0.3) is 22.4 Å². The summed E-state index contributed by atoms with van der Waals surface area (Å²) in [5, 5.41) is 4.44. The molecule has 0 aliphatic heterocycles. The molecule has 5 nitrogen and oxygen atoms in total. The van der Waals surface area contributed by atoms with Gasteiger partial charge in [-0.3, -0.25) is 4.79 Å². The van der Waals surface area contributed by atoms with Crippen LogP contribution in [0.2, 0.25) is 0 Å². The molecule has 0 amide bonds. The van der Waals surface area contributed by atoms with Crippen LogP contribution < -0.4 is 15.0 Å². The number of aryl methyl sites for hydroxylation is 1. The fraction of sp³-hybridized carbons (Fsp3) is 0.200. The van der Waals surface area contributed by atoms with Gasteiger partial charge >= 0.3 is 0 Å². The molecule has 3 rings (SSSR count). The number of methoxy groups -OCH3 is 2. The molecule has 6 heteroatoms. The lowest BCUT2D eigenvalue weighted by molar-refractivity contribution is 0.386. The van der Waals surface area contributed by atoms with Crippen molar-refractivity contribution in [3.8, 4) is 33.9 Å². The summed E-state index contributed by atoms with van der Waals surface area (Å²) in [5.41, 5.74) is 2.31. The zero-order chi connectivity index (χ0) is 18.7. The monoisotopic (exact) mass is 354 g/mol. The number of nitrogens with zero attached hydrogens (tertiary/aromatic N) is 2. The number of ether oxygens (including phenoxy) is 2. The molecule has 2 aromatic carbocycles. The molecule has 1 aromatic heterocycles. The molecule has 0 spiro atoms. The van der Waals surface area contributed by atoms with E-state index in [1.165, 1.54) is 23.9 Å². The number of rotatable bonds is 5. The minimum atomic E-state index is -0.485. The van der Waals surface area contributed by atoms with Gasteiger partial charge in [0, 0.05) is 23.7 Å². The second-order valence-electron chi connectivity index (χ2n) is 5.64. The van der Waals surface area contributed by atoms with E-state index in [2.05, 4.69) is 5.10 Å². The predicted octanol–water partition coefficient (Wildman–Crippen LogP) is 3.75. The summed E-state index contributed by atoms with van der Waals surface area (Å²) in [4.78, 5) is 12.3. The molecule has 0 fully saturated rings. The summed E-state index contributed by atoms with van der Waals surface area (Å²) < 4.78 is 25.7. The number of hydrogen-bond acceptors (Lipinski definition) is 4. The van der Waals surface area contributed by atoms with Gasteiger partial charge in [0.1, 0.15) is 5.75 Å². The van der Waals surface area contributed by atoms with Gasteiger partial charge in [-0.15, -0.1) is 0 Å². The number of benzene rings is 2. The van der Waals surface area contributed by atoms with Crippen molar-refractivity contribution in [2.75, 3.05) is 14.2 Å². The van der Waals surface area contributed by atoms with E-state index < -0.39 is 5.82 Å². The van der Waals surface area contributed by atoms with Crippen LogP contribution in [-0.4, -0.2) is 24.0 Å². The smallest absolute Gasteiger partial charge is 0.267 e. The molecule has 0 aliphatic rings. The highest BCUT2D eigenvalue weighted by Gasteiger charge is 2.15. The Bertz CT molecular complexity index is 981. The van der Waals surface area contributed by atoms with Crippen molar-refractivity contribution >= 4 is 0 Å². The van der Waals surface area contributed by atoms with E-state index in [9.17, 15) is 9.18 Å². The summed E-state index contributed by atoms with van der Waals surface area (Å²) >= 11 is 0. The van der Waals surface area contributed by atoms with Crippen molar-refractivity contribution in [3.05, 3.63) is 64.7 Å². The van der Waals surface area contributed by atoms with Gasteiger partial charge in [0.2, 0.25) is 0 Å². The minimum absolute atomic E-state index is 0.156. The number of halogens is 1. The molecule has 1 heterocycles. The zero-order valence-electron chi connectivity index (χ0n) is 14.8. The van der Waals surface area contributed by atoms with Crippen LogP contribution in [0.1, 0.15) is 6.92 Å². The molecule has 0 unspecified atom stereocenters. The van der Waals surface area contributed by atoms with Gasteiger partial charge in [-0.25, -0.2) is 9.07 Å². The molecule has 0 radical (unpaired) electrons. The highest BCUT2D eigenvalue weighted by molar-refractivity contribution is 5.80. The van der Waals surface area contributed by atoms with Crippen molar-refractivity contribution in [1.82, 2.24) is 9.78 Å². The van der Waals surface area contributed by atoms with Crippen molar-refractivity contribution in [2.24, 2.45) is 0 Å². The molecule has 0 atom stereocenters. The van der Waals surface area contributed by atoms with Crippen LogP contribution in [0, 0.1) is 5.82 Å². The van der Waals surface area contributed by atoms with Crippen LogP contribution in [0.15, 0.2) is 53.3 Å². The van der Waals surface area contributed by atoms with Crippen LogP contribution in [0.3, 0.4) is 0 Å². The van der Waals surface area contributed by atoms with E-state index in [1.807, 2.05) is 19.1 Å². The molecule has 0 bridgehead atoms. The van der Waals surface area contributed by atoms with Crippen LogP contribution >= 0.6 is 0 Å². The Morgan fingerprint density at radius 1 is 1.00 bits per heavy atom. The average Bonchev–Trinajstić information content (AvgIpc) is 2.67. The molecule has 134 valence electrons. The topological polar surface area (TPSA) is 53.4 Å². The maximum atomic E-state index is 14.2. The third-order valence-corrected chi connectivity index (χ3v) is 4.12. The third kappa shape index (κ3) is 3.31. The summed E-state index contributed by atoms with van der Waals surface area (Å²) in [6.07, 6.45) is 0. The largest absolute Gasteiger partial charge is 0.497 e. The molecule has 3 aromatic rings. The van der Waals surface area contributed by atoms with Crippen LogP contribution in [0.5, 0.6) is 11.5 Å². The Hall–Kier alpha value is -3.15. The summed E-state index contributed by atoms with van der Waals surface area (Å²) in [6.45, 7) is 2.26. The van der Waals surface area contributed by atoms with Crippen molar-refractivity contribution < 1.29 is 13.9 Å². The fourth-order valence-corrected chi connectivity index (χ4v) is 2.73. The molecule has 0 aliphatic carbocycles. The second-order valence-corrected chi connectivity index (χ2v) is 5.64. The Labute approximate surface area is 150 Å². The van der Waals surface area contributed by atoms with Gasteiger partial charge < -0.3 is 9.47 Å². The quantitative estimate of drug-likeness (QED) is 0.700. The Morgan fingerprint density at radius 3 is 2.27 bits per heavy atom. The van der Waals surface area contributed by atoms with E-state index in [0.717, 1.165) is 5.56 Å². The molecule has 0 N–H and O–H groups in total. The van der Waals surface area contributed by atoms with Crippen LogP contribution in [-0.2, 0) is 6.54 Å². The van der Waals surface area contributed by atoms with E-state index in [1.54, 1.807) is 31.4 Å². The van der Waals surface area contributed by atoms with Crippen LogP contribution in [0.4, 0.5) is 4.39 Å². The lowest BCUT2D eigenvalue weighted by atomic mass is 9.99. The normalized spacial score (nSPS) is 10.6. The molecular weight excluding hydrogens is 335 g/mol. The maximum absolute atomic E-state index is 14.2. The highest BCUT2D eigenvalue weighted by atomic mass is 19.1. The maximum Gasteiger partial charge on any atom is 0.267 e. The summed E-state index contributed by atoms with van der Waals surface area (Å²) in [6, 6.07) is 13.4. The first-order valence-corrected chi connectivity index (χ1v) is 8.18. The molecular formula is C20H19FN2O3. The molecule has 0 saturated carbocycles. The first-order valence-electron chi connectivity index (χ1n) is 8.18. The first kappa shape index (κ1) is 17.7. The SMILES string of the molecule is CCn1nc(-c2ccc(OC)c(F)c2)c(-c2ccc(OC)cc2)cc1=O. The van der Waals surface area contributed by atoms with Gasteiger partial charge in [-0.1, -0.05) is 12.1 Å². The number of hydrogen-bond donors (Lipinski definition) is 0. The van der Waals surface area contributed by atoms with E-state index in [-0.39, 0.29) is 11.3 Å². The zero-order valence-corrected chi connectivity index (χ0v) is 14.8. The third-order valence-electron chi connectivity index (χ3n) is 4.12. The Balaban J connectivity index is 2.21. The highest BCUT2D eigenvalue weighted by Crippen LogP contribution is 2.32. The first-order chi connectivity index (χ1) is 12.6. The predicted molar refractivity (Wildman–Crippen MR) is 98.1 cm³/mol. The Morgan fingerprint density at radius 2 is 1.69 bits per heavy atom. The molecule has 26 heavy (non-hydrogen) atoms. The number of aromatic nitrogens is 2. The van der Waals surface area contributed by atoms with E-state index in [4.69, 9.17) is 9.47 Å². The van der Waals surface area contributed by atoms with Gasteiger partial charge in [-0.05, 0) is 42.8 Å². The molecule has 0 saturated heterocycles. The lowest BCUT2D eigenvalue weighted by Gasteiger charge is -2.13. The minimum Gasteiger partial charge on any atom is -0.497 e. The van der Waals surface area contributed by atoms with Crippen molar-refractivity contribution in [1.29, 1.82) is 0 Å². The average molecular weight is 354 g/mol. The van der Waals surface area contributed by atoms with E-state index >= 15 is 0 Å². The fourth-order valence-electron chi connectivity index (χ4n) is 2.73. The van der Waals surface area contributed by atoms with E-state index in [0.29, 0.717) is 29.1 Å².